The van der Waals surface area contributed by atoms with Gasteiger partial charge >= 0.3 is 11.8 Å². The first kappa shape index (κ1) is 10.7. The SMILES string of the molecule is FC1(F)C#CC(F)(F)CC2CNCC2C1. The van der Waals surface area contributed by atoms with Gasteiger partial charge in [0.15, 0.2) is 0 Å². The second-order valence-electron chi connectivity index (χ2n) is 4.25. The van der Waals surface area contributed by atoms with Gasteiger partial charge < -0.3 is 5.32 Å². The smallest absolute Gasteiger partial charge is 0.308 e. The first-order valence-corrected chi connectivity index (χ1v) is 4.89. The third-order valence-corrected chi connectivity index (χ3v) is 2.95. The second-order valence-corrected chi connectivity index (χ2v) is 4.25. The van der Waals surface area contributed by atoms with Gasteiger partial charge in [-0.25, -0.2) is 0 Å². The van der Waals surface area contributed by atoms with Crippen LogP contribution in [0.4, 0.5) is 17.6 Å². The van der Waals surface area contributed by atoms with E-state index in [0.29, 0.717) is 13.1 Å². The van der Waals surface area contributed by atoms with Crippen molar-refractivity contribution in [3.05, 3.63) is 0 Å². The lowest BCUT2D eigenvalue weighted by Crippen LogP contribution is -2.31. The fourth-order valence-corrected chi connectivity index (χ4v) is 2.21. The van der Waals surface area contributed by atoms with Gasteiger partial charge in [-0.15, -0.1) is 0 Å². The van der Waals surface area contributed by atoms with Gasteiger partial charge in [0.25, 0.3) is 0 Å². The number of alkyl halides is 4. The summed E-state index contributed by atoms with van der Waals surface area (Å²) in [4.78, 5) is 0. The van der Waals surface area contributed by atoms with Crippen LogP contribution in [-0.2, 0) is 0 Å². The van der Waals surface area contributed by atoms with E-state index >= 15 is 0 Å². The van der Waals surface area contributed by atoms with Crippen LogP contribution in [0.3, 0.4) is 0 Å². The van der Waals surface area contributed by atoms with Crippen molar-refractivity contribution in [1.29, 1.82) is 0 Å². The van der Waals surface area contributed by atoms with E-state index in [1.54, 1.807) is 0 Å². The predicted octanol–water partition coefficient (Wildman–Crippen LogP) is 1.89. The van der Waals surface area contributed by atoms with Crippen LogP contribution in [0.1, 0.15) is 12.8 Å². The minimum Gasteiger partial charge on any atom is -0.316 e. The second kappa shape index (κ2) is 3.38. The molecular weight excluding hydrogens is 210 g/mol. The number of hydrogen-bond donors (Lipinski definition) is 1. The van der Waals surface area contributed by atoms with Crippen molar-refractivity contribution in [3.63, 3.8) is 0 Å². The first-order chi connectivity index (χ1) is 6.88. The zero-order chi connectivity index (χ0) is 11.1. The molecule has 84 valence electrons. The van der Waals surface area contributed by atoms with Crippen LogP contribution in [0, 0.1) is 23.7 Å². The molecule has 0 bridgehead atoms. The summed E-state index contributed by atoms with van der Waals surface area (Å²) in [6.45, 7) is 0.774. The van der Waals surface area contributed by atoms with Gasteiger partial charge in [0.05, 0.1) is 0 Å². The molecule has 1 nitrogen and oxygen atoms in total. The summed E-state index contributed by atoms with van der Waals surface area (Å²) in [6.07, 6.45) is -0.818. The van der Waals surface area contributed by atoms with Gasteiger partial charge in [0, 0.05) is 12.8 Å². The van der Waals surface area contributed by atoms with Crippen LogP contribution in [0.15, 0.2) is 0 Å². The fourth-order valence-electron chi connectivity index (χ4n) is 2.21. The third kappa shape index (κ3) is 2.43. The number of fused-ring (bicyclic) bond motifs is 1. The maximum absolute atomic E-state index is 13.1. The predicted molar refractivity (Wildman–Crippen MR) is 46.8 cm³/mol. The minimum absolute atomic E-state index is 0.387. The standard InChI is InChI=1S/C10H11F4N/c11-9(12)1-2-10(13,14)4-8-6-15-5-7(8)3-9/h7-8,15H,3-6H2. The van der Waals surface area contributed by atoms with Gasteiger partial charge in [-0.2, -0.15) is 17.6 Å². The molecule has 1 saturated heterocycles. The quantitative estimate of drug-likeness (QED) is 0.486. The number of hydrogen-bond acceptors (Lipinski definition) is 1. The molecule has 2 rings (SSSR count). The molecule has 0 amide bonds. The molecule has 1 aliphatic heterocycles. The van der Waals surface area contributed by atoms with E-state index in [2.05, 4.69) is 5.32 Å². The Balaban J connectivity index is 2.27. The Morgan fingerprint density at radius 1 is 0.867 bits per heavy atom. The van der Waals surface area contributed by atoms with Gasteiger partial charge in [0.2, 0.25) is 0 Å². The topological polar surface area (TPSA) is 12.0 Å². The average molecular weight is 221 g/mol. The average Bonchev–Trinajstić information content (AvgIpc) is 2.47. The molecule has 0 saturated carbocycles. The van der Waals surface area contributed by atoms with Crippen LogP contribution >= 0.6 is 0 Å². The highest BCUT2D eigenvalue weighted by atomic mass is 19.3. The molecule has 15 heavy (non-hydrogen) atoms. The molecule has 0 aromatic carbocycles. The van der Waals surface area contributed by atoms with Crippen molar-refractivity contribution >= 4 is 0 Å². The lowest BCUT2D eigenvalue weighted by Gasteiger charge is -2.25. The van der Waals surface area contributed by atoms with Gasteiger partial charge in [0.1, 0.15) is 0 Å². The molecule has 0 radical (unpaired) electrons. The summed E-state index contributed by atoms with van der Waals surface area (Å²) in [5.41, 5.74) is 0. The van der Waals surface area contributed by atoms with Gasteiger partial charge in [-0.1, -0.05) is 0 Å². The Labute approximate surface area is 85.2 Å². The Morgan fingerprint density at radius 2 is 1.27 bits per heavy atom. The highest BCUT2D eigenvalue weighted by Crippen LogP contribution is 2.37. The summed E-state index contributed by atoms with van der Waals surface area (Å²) < 4.78 is 52.4. The maximum Gasteiger partial charge on any atom is 0.308 e. The maximum atomic E-state index is 13.1. The molecule has 2 unspecified atom stereocenters. The molecule has 2 aliphatic rings. The lowest BCUT2D eigenvalue weighted by molar-refractivity contribution is -0.00295. The molecule has 1 fully saturated rings. The van der Waals surface area contributed by atoms with Crippen molar-refractivity contribution in [1.82, 2.24) is 5.32 Å². The largest absolute Gasteiger partial charge is 0.316 e. The molecule has 0 aromatic heterocycles. The molecule has 0 spiro atoms. The Bertz CT molecular complexity index is 287. The van der Waals surface area contributed by atoms with E-state index < -0.39 is 24.7 Å². The van der Waals surface area contributed by atoms with E-state index in [1.807, 2.05) is 0 Å². The van der Waals surface area contributed by atoms with Crippen molar-refractivity contribution in [2.75, 3.05) is 13.1 Å². The highest BCUT2D eigenvalue weighted by molar-refractivity contribution is 5.18. The lowest BCUT2D eigenvalue weighted by atomic mass is 9.84. The van der Waals surface area contributed by atoms with Crippen molar-refractivity contribution in [2.45, 2.75) is 24.7 Å². The monoisotopic (exact) mass is 221 g/mol. The molecule has 1 heterocycles. The normalized spacial score (nSPS) is 37.1. The van der Waals surface area contributed by atoms with E-state index in [-0.39, 0.29) is 11.8 Å². The van der Waals surface area contributed by atoms with Gasteiger partial charge in [-0.05, 0) is 36.8 Å². The molecule has 1 aliphatic carbocycles. The first-order valence-electron chi connectivity index (χ1n) is 4.89. The van der Waals surface area contributed by atoms with E-state index in [4.69, 9.17) is 0 Å². The number of halogens is 4. The van der Waals surface area contributed by atoms with E-state index in [9.17, 15) is 17.6 Å². The minimum atomic E-state index is -3.28. The van der Waals surface area contributed by atoms with Crippen molar-refractivity contribution < 1.29 is 17.6 Å². The van der Waals surface area contributed by atoms with Crippen molar-refractivity contribution in [2.24, 2.45) is 11.8 Å². The Hall–Kier alpha value is -0.760. The zero-order valence-corrected chi connectivity index (χ0v) is 7.99. The van der Waals surface area contributed by atoms with Crippen LogP contribution in [-0.4, -0.2) is 24.9 Å². The summed E-state index contributed by atoms with van der Waals surface area (Å²) in [5.74, 6) is -4.53. The molecule has 5 heteroatoms. The fraction of sp³-hybridized carbons (Fsp3) is 0.800. The number of rotatable bonds is 0. The summed E-state index contributed by atoms with van der Waals surface area (Å²) in [5, 5.41) is 2.87. The summed E-state index contributed by atoms with van der Waals surface area (Å²) in [7, 11) is 0. The summed E-state index contributed by atoms with van der Waals surface area (Å²) >= 11 is 0. The van der Waals surface area contributed by atoms with Crippen LogP contribution in [0.5, 0.6) is 0 Å². The van der Waals surface area contributed by atoms with Crippen LogP contribution < -0.4 is 5.32 Å². The summed E-state index contributed by atoms with van der Waals surface area (Å²) in [6, 6.07) is 0. The zero-order valence-electron chi connectivity index (χ0n) is 7.99. The molecule has 2 atom stereocenters. The third-order valence-electron chi connectivity index (χ3n) is 2.95. The van der Waals surface area contributed by atoms with Crippen LogP contribution in [0.2, 0.25) is 0 Å². The molecule has 1 N–H and O–H groups in total. The Kier molecular flexibility index (Phi) is 2.42. The highest BCUT2D eigenvalue weighted by Gasteiger charge is 2.43. The van der Waals surface area contributed by atoms with E-state index in [0.717, 1.165) is 0 Å². The number of nitrogens with one attached hydrogen (secondary N) is 1. The van der Waals surface area contributed by atoms with Gasteiger partial charge in [-0.3, -0.25) is 0 Å². The molecular formula is C10H11F4N. The molecule has 0 aromatic rings. The van der Waals surface area contributed by atoms with Crippen LogP contribution in [0.25, 0.3) is 0 Å². The Morgan fingerprint density at radius 3 is 1.67 bits per heavy atom. The van der Waals surface area contributed by atoms with Crippen molar-refractivity contribution in [3.8, 4) is 11.8 Å². The van der Waals surface area contributed by atoms with E-state index in [1.165, 1.54) is 11.8 Å².